The maximum atomic E-state index is 11.1. The fraction of sp³-hybridized carbons (Fsp3) is 0.500. The number of nitrogens with one attached hydrogen (secondary N) is 1. The van der Waals surface area contributed by atoms with Gasteiger partial charge in [0.1, 0.15) is 12.1 Å². The van der Waals surface area contributed by atoms with E-state index < -0.39 is 5.60 Å². The van der Waals surface area contributed by atoms with Gasteiger partial charge in [0, 0.05) is 5.70 Å². The van der Waals surface area contributed by atoms with Crippen LogP contribution in [-0.4, -0.2) is 18.1 Å². The Morgan fingerprint density at radius 1 is 1.54 bits per heavy atom. The molecular formula is C10H17NO2. The highest BCUT2D eigenvalue weighted by atomic mass is 16.6. The zero-order valence-electron chi connectivity index (χ0n) is 8.52. The molecule has 0 saturated heterocycles. The minimum Gasteiger partial charge on any atom is -0.459 e. The number of ether oxygens (including phenoxy) is 1. The lowest BCUT2D eigenvalue weighted by molar-refractivity contribution is -0.153. The van der Waals surface area contributed by atoms with Crippen molar-refractivity contribution >= 4 is 5.97 Å². The van der Waals surface area contributed by atoms with E-state index in [1.165, 1.54) is 0 Å². The maximum absolute atomic E-state index is 11.1. The smallest absolute Gasteiger partial charge is 0.325 e. The first kappa shape index (κ1) is 11.8. The van der Waals surface area contributed by atoms with E-state index in [1.807, 2.05) is 20.8 Å². The second-order valence-electron chi connectivity index (χ2n) is 3.67. The topological polar surface area (TPSA) is 38.3 Å². The molecule has 0 fully saturated rings. The summed E-state index contributed by atoms with van der Waals surface area (Å²) in [5.41, 5.74) is 0.180. The third kappa shape index (κ3) is 7.12. The molecule has 0 spiro atoms. The number of hydrogen-bond acceptors (Lipinski definition) is 3. The van der Waals surface area contributed by atoms with E-state index >= 15 is 0 Å². The molecule has 13 heavy (non-hydrogen) atoms. The van der Waals surface area contributed by atoms with E-state index in [4.69, 9.17) is 4.74 Å². The van der Waals surface area contributed by atoms with Crippen molar-refractivity contribution in [2.45, 2.75) is 26.4 Å². The number of hydrogen-bond donors (Lipinski definition) is 1. The largest absolute Gasteiger partial charge is 0.459 e. The van der Waals surface area contributed by atoms with E-state index in [1.54, 1.807) is 6.08 Å². The Bertz CT molecular complexity index is 213. The van der Waals surface area contributed by atoms with Gasteiger partial charge in [-0.1, -0.05) is 13.2 Å². The molecule has 0 aromatic rings. The van der Waals surface area contributed by atoms with Crippen LogP contribution in [0.2, 0.25) is 0 Å². The van der Waals surface area contributed by atoms with Crippen molar-refractivity contribution in [2.75, 3.05) is 6.54 Å². The van der Waals surface area contributed by atoms with Crippen LogP contribution in [0.15, 0.2) is 24.9 Å². The van der Waals surface area contributed by atoms with Crippen LogP contribution in [0.4, 0.5) is 0 Å². The lowest BCUT2D eigenvalue weighted by Gasteiger charge is -2.19. The van der Waals surface area contributed by atoms with Crippen molar-refractivity contribution in [3.05, 3.63) is 24.9 Å². The predicted octanol–water partition coefficient (Wildman–Crippen LogP) is 1.62. The molecule has 0 radical (unpaired) electrons. The van der Waals surface area contributed by atoms with Gasteiger partial charge in [-0.05, 0) is 26.8 Å². The first-order valence-corrected chi connectivity index (χ1v) is 4.12. The first-order valence-electron chi connectivity index (χ1n) is 4.12. The van der Waals surface area contributed by atoms with Gasteiger partial charge in [0.05, 0.1) is 0 Å². The summed E-state index contributed by atoms with van der Waals surface area (Å²) in [6, 6.07) is 0. The monoisotopic (exact) mass is 183 g/mol. The molecule has 0 aliphatic rings. The van der Waals surface area contributed by atoms with Crippen LogP contribution in [0, 0.1) is 0 Å². The standard InChI is InChI=1S/C10H17NO2/c1-6-8(2)11-7-9(12)13-10(3,4)5/h6,11H,1-2,7H2,3-5H3. The number of carbonyl (C=O) groups excluding carboxylic acids is 1. The van der Waals surface area contributed by atoms with E-state index in [0.717, 1.165) is 0 Å². The first-order chi connectivity index (χ1) is 5.85. The highest BCUT2D eigenvalue weighted by Gasteiger charge is 2.15. The molecule has 0 atom stereocenters. The van der Waals surface area contributed by atoms with Crippen LogP contribution in [-0.2, 0) is 9.53 Å². The van der Waals surface area contributed by atoms with Gasteiger partial charge in [0.2, 0.25) is 0 Å². The third-order valence-electron chi connectivity index (χ3n) is 1.13. The maximum Gasteiger partial charge on any atom is 0.325 e. The van der Waals surface area contributed by atoms with Crippen LogP contribution < -0.4 is 5.32 Å². The third-order valence-corrected chi connectivity index (χ3v) is 1.13. The summed E-state index contributed by atoms with van der Waals surface area (Å²) in [7, 11) is 0. The van der Waals surface area contributed by atoms with Crippen molar-refractivity contribution in [1.29, 1.82) is 0 Å². The van der Waals surface area contributed by atoms with Gasteiger partial charge in [-0.3, -0.25) is 4.79 Å². The van der Waals surface area contributed by atoms with Crippen molar-refractivity contribution in [3.63, 3.8) is 0 Å². The summed E-state index contributed by atoms with van der Waals surface area (Å²) in [6.07, 6.45) is 1.55. The summed E-state index contributed by atoms with van der Waals surface area (Å²) < 4.78 is 5.06. The van der Waals surface area contributed by atoms with Crippen molar-refractivity contribution in [2.24, 2.45) is 0 Å². The van der Waals surface area contributed by atoms with E-state index in [0.29, 0.717) is 5.70 Å². The molecule has 0 heterocycles. The molecule has 0 aromatic heterocycles. The molecule has 0 unspecified atom stereocenters. The van der Waals surface area contributed by atoms with Crippen LogP contribution >= 0.6 is 0 Å². The second kappa shape index (κ2) is 4.70. The summed E-state index contributed by atoms with van der Waals surface area (Å²) >= 11 is 0. The van der Waals surface area contributed by atoms with Gasteiger partial charge < -0.3 is 10.1 Å². The minimum atomic E-state index is -0.436. The summed E-state index contributed by atoms with van der Waals surface area (Å²) in [5.74, 6) is -0.296. The van der Waals surface area contributed by atoms with Gasteiger partial charge in [0.15, 0.2) is 0 Å². The zero-order chi connectivity index (χ0) is 10.5. The van der Waals surface area contributed by atoms with E-state index in [-0.39, 0.29) is 12.5 Å². The Hall–Kier alpha value is -1.25. The van der Waals surface area contributed by atoms with Gasteiger partial charge in [-0.25, -0.2) is 0 Å². The Morgan fingerprint density at radius 3 is 2.46 bits per heavy atom. The molecule has 0 aliphatic carbocycles. The number of carbonyl (C=O) groups is 1. The Labute approximate surface area is 79.5 Å². The molecule has 74 valence electrons. The molecule has 0 rings (SSSR count). The normalized spacial score (nSPS) is 10.4. The van der Waals surface area contributed by atoms with Crippen LogP contribution in [0.5, 0.6) is 0 Å². The molecule has 0 aliphatic heterocycles. The Morgan fingerprint density at radius 2 is 2.08 bits per heavy atom. The van der Waals surface area contributed by atoms with E-state index in [9.17, 15) is 4.79 Å². The summed E-state index contributed by atoms with van der Waals surface area (Å²) in [4.78, 5) is 11.1. The van der Waals surface area contributed by atoms with Gasteiger partial charge in [0.25, 0.3) is 0 Å². The Balaban J connectivity index is 3.77. The van der Waals surface area contributed by atoms with Gasteiger partial charge in [-0.15, -0.1) is 0 Å². The molecule has 3 nitrogen and oxygen atoms in total. The average Bonchev–Trinajstić information content (AvgIpc) is 1.97. The summed E-state index contributed by atoms with van der Waals surface area (Å²) in [6.45, 7) is 12.7. The van der Waals surface area contributed by atoms with Gasteiger partial charge >= 0.3 is 5.97 Å². The minimum absolute atomic E-state index is 0.127. The number of allylic oxidation sites excluding steroid dienone is 1. The van der Waals surface area contributed by atoms with Crippen LogP contribution in [0.1, 0.15) is 20.8 Å². The molecule has 0 aromatic carbocycles. The van der Waals surface area contributed by atoms with Gasteiger partial charge in [-0.2, -0.15) is 0 Å². The average molecular weight is 183 g/mol. The predicted molar refractivity (Wildman–Crippen MR) is 53.2 cm³/mol. The SMILES string of the molecule is C=CC(=C)NCC(=O)OC(C)(C)C. The molecule has 0 bridgehead atoms. The van der Waals surface area contributed by atoms with Crippen LogP contribution in [0.3, 0.4) is 0 Å². The quantitative estimate of drug-likeness (QED) is 0.531. The fourth-order valence-electron chi connectivity index (χ4n) is 0.635. The number of esters is 1. The van der Waals surface area contributed by atoms with Crippen LogP contribution in [0.25, 0.3) is 0 Å². The highest BCUT2D eigenvalue weighted by molar-refractivity contribution is 5.72. The van der Waals surface area contributed by atoms with Crippen molar-refractivity contribution in [3.8, 4) is 0 Å². The summed E-state index contributed by atoms with van der Waals surface area (Å²) in [5, 5.41) is 2.77. The molecule has 1 N–H and O–H groups in total. The second-order valence-corrected chi connectivity index (χ2v) is 3.67. The zero-order valence-corrected chi connectivity index (χ0v) is 8.52. The molecule has 3 heteroatoms. The number of rotatable bonds is 4. The molecule has 0 amide bonds. The van der Waals surface area contributed by atoms with Crippen molar-refractivity contribution < 1.29 is 9.53 Å². The van der Waals surface area contributed by atoms with E-state index in [2.05, 4.69) is 18.5 Å². The lowest BCUT2D eigenvalue weighted by atomic mass is 10.2. The lowest BCUT2D eigenvalue weighted by Crippen LogP contribution is -2.30. The van der Waals surface area contributed by atoms with Crippen molar-refractivity contribution in [1.82, 2.24) is 5.32 Å². The Kier molecular flexibility index (Phi) is 4.25. The fourth-order valence-corrected chi connectivity index (χ4v) is 0.635. The molecular weight excluding hydrogens is 166 g/mol. The highest BCUT2D eigenvalue weighted by Crippen LogP contribution is 2.06. The molecule has 0 saturated carbocycles.